The van der Waals surface area contributed by atoms with E-state index in [-0.39, 0.29) is 17.4 Å². The smallest absolute Gasteiger partial charge is 0.229 e. The lowest BCUT2D eigenvalue weighted by Gasteiger charge is -2.51. The van der Waals surface area contributed by atoms with Gasteiger partial charge in [-0.2, -0.15) is 0 Å². The Bertz CT molecular complexity index is 1160. The van der Waals surface area contributed by atoms with Crippen molar-refractivity contribution in [3.05, 3.63) is 23.3 Å². The molecule has 1 aromatic carbocycles. The molecule has 6 rings (SSSR count). The topological polar surface area (TPSA) is 208 Å². The van der Waals surface area contributed by atoms with Gasteiger partial charge >= 0.3 is 0 Å². The van der Waals surface area contributed by atoms with Crippen molar-refractivity contribution < 1.29 is 64.5 Å². The van der Waals surface area contributed by atoms with E-state index in [4.69, 9.17) is 23.7 Å². The van der Waals surface area contributed by atoms with Gasteiger partial charge in [-0.25, -0.2) is 0 Å². The molecule has 0 unspecified atom stereocenters. The summed E-state index contributed by atoms with van der Waals surface area (Å²) >= 11 is 0. The maximum atomic E-state index is 10.6. The number of aliphatic hydroxyl groups excluding tert-OH is 8. The molecule has 13 heteroatoms. The molecule has 13 nitrogen and oxygen atoms in total. The Balaban J connectivity index is 1.18. The van der Waals surface area contributed by atoms with Crippen molar-refractivity contribution in [2.75, 3.05) is 20.3 Å². The second kappa shape index (κ2) is 12.5. The molecule has 8 N–H and O–H groups in total. The molecule has 3 aliphatic carbocycles. The van der Waals surface area contributed by atoms with Crippen LogP contribution in [0.15, 0.2) is 12.1 Å². The third-order valence-electron chi connectivity index (χ3n) is 11.2. The Hall–Kier alpha value is -1.62. The first kappa shape index (κ1) is 32.3. The lowest BCUT2D eigenvalue weighted by molar-refractivity contribution is -0.319. The van der Waals surface area contributed by atoms with Crippen molar-refractivity contribution in [2.45, 2.75) is 119 Å². The minimum Gasteiger partial charge on any atom is -0.493 e. The number of benzene rings is 1. The summed E-state index contributed by atoms with van der Waals surface area (Å²) in [5.74, 6) is 1.79. The summed E-state index contributed by atoms with van der Waals surface area (Å²) in [5.41, 5.74) is 2.09. The van der Waals surface area contributed by atoms with Crippen LogP contribution in [0, 0.1) is 17.3 Å². The summed E-state index contributed by atoms with van der Waals surface area (Å²) in [6.45, 7) is 1.17. The van der Waals surface area contributed by atoms with E-state index in [1.165, 1.54) is 12.7 Å². The average molecular weight is 627 g/mol. The third kappa shape index (κ3) is 5.33. The standard InChI is InChI=1S/C31H46O13/c1-31-8-7-14-15(17(31)5-6-22(31)44-30-28(39)26(37)24(35)21(12-33)43-30)4-3-13-9-19(18(40-2)10-16(13)14)41-29-27(38)25(36)23(34)20(11-32)42-29/h9-10,14-15,17,20-30,32-39H,3-8,11-12H2,1-2H3/t14-,15+,17-,20+,21+,22-,23+,24+,25-,26-,27+,28+,29+,30-,31-/m0/s1. The minimum absolute atomic E-state index is 0.187. The summed E-state index contributed by atoms with van der Waals surface area (Å²) in [7, 11) is 1.53. The molecule has 0 bridgehead atoms. The molecule has 2 saturated carbocycles. The van der Waals surface area contributed by atoms with Gasteiger partial charge in [0.05, 0.1) is 26.4 Å². The van der Waals surface area contributed by atoms with Gasteiger partial charge in [0.1, 0.15) is 48.8 Å². The van der Waals surface area contributed by atoms with Crippen LogP contribution < -0.4 is 9.47 Å². The highest BCUT2D eigenvalue weighted by atomic mass is 16.7. The zero-order valence-corrected chi connectivity index (χ0v) is 25.0. The molecule has 0 spiro atoms. The monoisotopic (exact) mass is 626 g/mol. The quantitative estimate of drug-likeness (QED) is 0.181. The number of ether oxygens (including phenoxy) is 5. The maximum absolute atomic E-state index is 10.6. The minimum atomic E-state index is -1.55. The molecule has 248 valence electrons. The molecule has 1 aromatic rings. The van der Waals surface area contributed by atoms with Gasteiger partial charge in [-0.15, -0.1) is 0 Å². The first-order chi connectivity index (χ1) is 21.0. The number of fused-ring (bicyclic) bond motifs is 5. The lowest BCUT2D eigenvalue weighted by Crippen LogP contribution is -2.60. The zero-order valence-electron chi connectivity index (χ0n) is 25.0. The molecule has 2 heterocycles. The molecule has 2 saturated heterocycles. The number of aryl methyl sites for hydroxylation is 1. The van der Waals surface area contributed by atoms with E-state index >= 15 is 0 Å². The second-order valence-electron chi connectivity index (χ2n) is 13.4. The predicted molar refractivity (Wildman–Crippen MR) is 151 cm³/mol. The summed E-state index contributed by atoms with van der Waals surface area (Å²) in [4.78, 5) is 0. The van der Waals surface area contributed by atoms with Gasteiger partial charge in [0.2, 0.25) is 6.29 Å². The molecule has 5 aliphatic rings. The first-order valence-electron chi connectivity index (χ1n) is 15.7. The van der Waals surface area contributed by atoms with E-state index in [0.29, 0.717) is 23.3 Å². The van der Waals surface area contributed by atoms with Crippen LogP contribution in [0.1, 0.15) is 56.1 Å². The van der Waals surface area contributed by atoms with Crippen molar-refractivity contribution >= 4 is 0 Å². The third-order valence-corrected chi connectivity index (χ3v) is 11.2. The van der Waals surface area contributed by atoms with E-state index in [1.54, 1.807) is 0 Å². The Morgan fingerprint density at radius 1 is 0.773 bits per heavy atom. The van der Waals surface area contributed by atoms with Gasteiger partial charge in [-0.05, 0) is 85.0 Å². The highest BCUT2D eigenvalue weighted by Gasteiger charge is 2.57. The van der Waals surface area contributed by atoms with Gasteiger partial charge in [0.15, 0.2) is 17.8 Å². The summed E-state index contributed by atoms with van der Waals surface area (Å²) in [5, 5.41) is 80.9. The largest absolute Gasteiger partial charge is 0.493 e. The summed E-state index contributed by atoms with van der Waals surface area (Å²) in [6.07, 6.45) is -8.50. The second-order valence-corrected chi connectivity index (χ2v) is 13.4. The lowest BCUT2D eigenvalue weighted by atomic mass is 9.55. The van der Waals surface area contributed by atoms with E-state index < -0.39 is 74.6 Å². The molecule has 44 heavy (non-hydrogen) atoms. The van der Waals surface area contributed by atoms with Gasteiger partial charge in [0, 0.05) is 0 Å². The molecule has 4 fully saturated rings. The average Bonchev–Trinajstić information content (AvgIpc) is 3.36. The molecule has 2 aliphatic heterocycles. The van der Waals surface area contributed by atoms with Gasteiger partial charge in [-0.1, -0.05) is 6.92 Å². The highest BCUT2D eigenvalue weighted by Crippen LogP contribution is 2.62. The fourth-order valence-corrected chi connectivity index (χ4v) is 8.64. The van der Waals surface area contributed by atoms with E-state index in [2.05, 4.69) is 6.92 Å². The van der Waals surface area contributed by atoms with Crippen LogP contribution in [0.2, 0.25) is 0 Å². The molecular formula is C31H46O13. The Kier molecular flexibility index (Phi) is 9.21. The molecular weight excluding hydrogens is 580 g/mol. The number of hydrogen-bond acceptors (Lipinski definition) is 13. The van der Waals surface area contributed by atoms with Crippen molar-refractivity contribution in [1.82, 2.24) is 0 Å². The summed E-state index contributed by atoms with van der Waals surface area (Å²) in [6, 6.07) is 3.87. The van der Waals surface area contributed by atoms with Crippen molar-refractivity contribution in [3.8, 4) is 11.5 Å². The van der Waals surface area contributed by atoms with Crippen molar-refractivity contribution in [3.63, 3.8) is 0 Å². The fraction of sp³-hybridized carbons (Fsp3) is 0.806. The van der Waals surface area contributed by atoms with Crippen LogP contribution in [-0.4, -0.2) is 129 Å². The van der Waals surface area contributed by atoms with Crippen LogP contribution in [0.5, 0.6) is 11.5 Å². The number of methoxy groups -OCH3 is 1. The van der Waals surface area contributed by atoms with Crippen molar-refractivity contribution in [1.29, 1.82) is 0 Å². The van der Waals surface area contributed by atoms with E-state index in [9.17, 15) is 40.9 Å². The number of rotatable bonds is 7. The van der Waals surface area contributed by atoms with E-state index in [1.807, 2.05) is 12.1 Å². The maximum Gasteiger partial charge on any atom is 0.229 e. The first-order valence-corrected chi connectivity index (χ1v) is 15.7. The normalized spacial score (nSPS) is 47.0. The van der Waals surface area contributed by atoms with E-state index in [0.717, 1.165) is 44.1 Å². The van der Waals surface area contributed by atoms with Crippen LogP contribution in [0.25, 0.3) is 0 Å². The highest BCUT2D eigenvalue weighted by molar-refractivity contribution is 5.50. The molecule has 0 aromatic heterocycles. The van der Waals surface area contributed by atoms with Crippen LogP contribution >= 0.6 is 0 Å². The Labute approximate surface area is 255 Å². The zero-order chi connectivity index (χ0) is 31.5. The number of hydrogen-bond donors (Lipinski definition) is 8. The van der Waals surface area contributed by atoms with Crippen molar-refractivity contribution in [2.24, 2.45) is 17.3 Å². The Morgan fingerprint density at radius 3 is 2.05 bits per heavy atom. The van der Waals surface area contributed by atoms with Crippen LogP contribution in [0.3, 0.4) is 0 Å². The molecule has 0 amide bonds. The van der Waals surface area contributed by atoms with Crippen LogP contribution in [-0.2, 0) is 20.6 Å². The molecule has 0 radical (unpaired) electrons. The van der Waals surface area contributed by atoms with Crippen LogP contribution in [0.4, 0.5) is 0 Å². The van der Waals surface area contributed by atoms with Gasteiger partial charge in [0.25, 0.3) is 0 Å². The Morgan fingerprint density at radius 2 is 1.41 bits per heavy atom. The predicted octanol–water partition coefficient (Wildman–Crippen LogP) is -1.08. The van der Waals surface area contributed by atoms with Gasteiger partial charge < -0.3 is 64.5 Å². The summed E-state index contributed by atoms with van der Waals surface area (Å²) < 4.78 is 29.2. The van der Waals surface area contributed by atoms with Gasteiger partial charge in [-0.3, -0.25) is 0 Å². The SMILES string of the molecule is COc1cc2c(cc1O[C@@H]1O[C@H](CO)[C@@H](O)[C@H](O)[C@H]1O)CC[C@@H]1[C@@H]2CC[C@]2(C)[C@@H](O[C@@H]3O[C@H](CO)[C@@H](O)[C@H](O)[C@H]3O)CC[C@@H]12. The molecule has 15 atom stereocenters. The fourth-order valence-electron chi connectivity index (χ4n) is 8.64. The number of aliphatic hydroxyl groups is 8.